The van der Waals surface area contributed by atoms with Crippen molar-refractivity contribution >= 4 is 5.69 Å². The molecule has 14 heavy (non-hydrogen) atoms. The van der Waals surface area contributed by atoms with Gasteiger partial charge in [0.1, 0.15) is 5.82 Å². The topological polar surface area (TPSA) is 3.24 Å². The second kappa shape index (κ2) is 3.99. The molecule has 1 fully saturated rings. The van der Waals surface area contributed by atoms with Crippen LogP contribution >= 0.6 is 0 Å². The van der Waals surface area contributed by atoms with Gasteiger partial charge in [0.15, 0.2) is 0 Å². The van der Waals surface area contributed by atoms with Crippen LogP contribution in [-0.2, 0) is 0 Å². The first-order chi connectivity index (χ1) is 6.79. The van der Waals surface area contributed by atoms with E-state index in [2.05, 4.69) is 4.90 Å². The highest BCUT2D eigenvalue weighted by molar-refractivity contribution is 5.53. The van der Waals surface area contributed by atoms with E-state index < -0.39 is 0 Å². The minimum absolute atomic E-state index is 0.0897. The summed E-state index contributed by atoms with van der Waals surface area (Å²) in [5.41, 5.74) is 1.86. The van der Waals surface area contributed by atoms with Crippen LogP contribution in [0.15, 0.2) is 18.2 Å². The monoisotopic (exact) mass is 193 g/mol. The first kappa shape index (κ1) is 9.50. The van der Waals surface area contributed by atoms with Gasteiger partial charge in [-0.3, -0.25) is 0 Å². The zero-order valence-electron chi connectivity index (χ0n) is 8.59. The molecule has 0 unspecified atom stereocenters. The number of hydrogen-bond donors (Lipinski definition) is 0. The Balaban J connectivity index is 2.26. The van der Waals surface area contributed by atoms with Crippen LogP contribution in [0.4, 0.5) is 10.1 Å². The fraction of sp³-hybridized carbons (Fsp3) is 0.500. The quantitative estimate of drug-likeness (QED) is 0.662. The molecule has 2 rings (SSSR count). The van der Waals surface area contributed by atoms with Gasteiger partial charge < -0.3 is 4.90 Å². The zero-order chi connectivity index (χ0) is 9.97. The Morgan fingerprint density at radius 1 is 1.14 bits per heavy atom. The minimum Gasteiger partial charge on any atom is -0.371 e. The second-order valence-corrected chi connectivity index (χ2v) is 3.93. The molecule has 0 N–H and O–H groups in total. The fourth-order valence-electron chi connectivity index (χ4n) is 2.07. The summed E-state index contributed by atoms with van der Waals surface area (Å²) in [6.07, 6.45) is 3.77. The Labute approximate surface area is 84.5 Å². The summed E-state index contributed by atoms with van der Waals surface area (Å²) in [6.45, 7) is 4.01. The van der Waals surface area contributed by atoms with Gasteiger partial charge in [-0.1, -0.05) is 6.07 Å². The van der Waals surface area contributed by atoms with Crippen LogP contribution in [0.3, 0.4) is 0 Å². The Morgan fingerprint density at radius 3 is 2.57 bits per heavy atom. The molecule has 1 heterocycles. The molecule has 1 aromatic rings. The highest BCUT2D eigenvalue weighted by Gasteiger charge is 2.13. The van der Waals surface area contributed by atoms with Crippen molar-refractivity contribution in [2.24, 2.45) is 0 Å². The van der Waals surface area contributed by atoms with Crippen LogP contribution in [0.25, 0.3) is 0 Å². The summed E-state index contributed by atoms with van der Waals surface area (Å²) in [6, 6.07) is 5.35. The Kier molecular flexibility index (Phi) is 2.71. The molecule has 0 radical (unpaired) electrons. The molecular formula is C12H16FN. The normalized spacial score (nSPS) is 17.1. The number of nitrogens with zero attached hydrogens (tertiary/aromatic N) is 1. The highest BCUT2D eigenvalue weighted by atomic mass is 19.1. The van der Waals surface area contributed by atoms with E-state index in [4.69, 9.17) is 0 Å². The Hall–Kier alpha value is -1.05. The maximum atomic E-state index is 13.3. The molecule has 0 amide bonds. The zero-order valence-corrected chi connectivity index (χ0v) is 8.59. The standard InChI is InChI=1S/C12H16FN/c1-10-11(13)6-5-7-12(10)14-8-3-2-4-9-14/h5-7H,2-4,8-9H2,1H3. The Morgan fingerprint density at radius 2 is 1.86 bits per heavy atom. The number of benzene rings is 1. The van der Waals surface area contributed by atoms with Crippen molar-refractivity contribution in [3.8, 4) is 0 Å². The number of piperidine rings is 1. The predicted octanol–water partition coefficient (Wildman–Crippen LogP) is 3.12. The maximum absolute atomic E-state index is 13.3. The molecule has 0 atom stereocenters. The van der Waals surface area contributed by atoms with E-state index in [9.17, 15) is 4.39 Å². The molecule has 1 saturated heterocycles. The van der Waals surface area contributed by atoms with E-state index in [-0.39, 0.29) is 5.82 Å². The van der Waals surface area contributed by atoms with E-state index >= 15 is 0 Å². The SMILES string of the molecule is Cc1c(F)cccc1N1CCCCC1. The third-order valence-corrected chi connectivity index (χ3v) is 2.94. The summed E-state index contributed by atoms with van der Waals surface area (Å²) in [5.74, 6) is -0.0897. The number of hydrogen-bond acceptors (Lipinski definition) is 1. The van der Waals surface area contributed by atoms with Gasteiger partial charge >= 0.3 is 0 Å². The summed E-state index contributed by atoms with van der Waals surface area (Å²) in [4.78, 5) is 2.29. The molecule has 1 nitrogen and oxygen atoms in total. The molecule has 0 aromatic heterocycles. The third-order valence-electron chi connectivity index (χ3n) is 2.94. The fourth-order valence-corrected chi connectivity index (χ4v) is 2.07. The van der Waals surface area contributed by atoms with E-state index in [1.165, 1.54) is 25.3 Å². The predicted molar refractivity (Wildman–Crippen MR) is 57.2 cm³/mol. The van der Waals surface area contributed by atoms with Gasteiger partial charge in [-0.2, -0.15) is 0 Å². The van der Waals surface area contributed by atoms with Crippen molar-refractivity contribution in [1.29, 1.82) is 0 Å². The lowest BCUT2D eigenvalue weighted by atomic mass is 10.1. The van der Waals surface area contributed by atoms with E-state index in [0.29, 0.717) is 0 Å². The van der Waals surface area contributed by atoms with Crippen molar-refractivity contribution in [2.75, 3.05) is 18.0 Å². The first-order valence-electron chi connectivity index (χ1n) is 5.29. The molecule has 76 valence electrons. The molecule has 0 spiro atoms. The average molecular weight is 193 g/mol. The molecule has 0 saturated carbocycles. The van der Waals surface area contributed by atoms with Crippen LogP contribution in [0, 0.1) is 12.7 Å². The summed E-state index contributed by atoms with van der Waals surface area (Å²) >= 11 is 0. The van der Waals surface area contributed by atoms with Crippen molar-refractivity contribution < 1.29 is 4.39 Å². The lowest BCUT2D eigenvalue weighted by Crippen LogP contribution is -2.30. The van der Waals surface area contributed by atoms with Crippen molar-refractivity contribution in [3.05, 3.63) is 29.6 Å². The smallest absolute Gasteiger partial charge is 0.128 e. The molecule has 0 aliphatic carbocycles. The summed E-state index contributed by atoms with van der Waals surface area (Å²) in [5, 5.41) is 0. The third kappa shape index (κ3) is 1.74. The minimum atomic E-state index is -0.0897. The van der Waals surface area contributed by atoms with Crippen LogP contribution < -0.4 is 4.90 Å². The summed E-state index contributed by atoms with van der Waals surface area (Å²) in [7, 11) is 0. The van der Waals surface area contributed by atoms with Crippen molar-refractivity contribution in [2.45, 2.75) is 26.2 Å². The van der Waals surface area contributed by atoms with Crippen molar-refractivity contribution in [1.82, 2.24) is 0 Å². The number of halogens is 1. The van der Waals surface area contributed by atoms with E-state index in [0.717, 1.165) is 24.3 Å². The Bertz CT molecular complexity index is 316. The van der Waals surface area contributed by atoms with Crippen LogP contribution in [0.5, 0.6) is 0 Å². The van der Waals surface area contributed by atoms with E-state index in [1.54, 1.807) is 6.07 Å². The van der Waals surface area contributed by atoms with Gasteiger partial charge in [0.05, 0.1) is 0 Å². The molecule has 1 aliphatic heterocycles. The van der Waals surface area contributed by atoms with Gasteiger partial charge in [-0.05, 0) is 38.3 Å². The van der Waals surface area contributed by atoms with Crippen molar-refractivity contribution in [3.63, 3.8) is 0 Å². The van der Waals surface area contributed by atoms with Crippen LogP contribution in [0.2, 0.25) is 0 Å². The maximum Gasteiger partial charge on any atom is 0.128 e. The van der Waals surface area contributed by atoms with Gasteiger partial charge in [0.25, 0.3) is 0 Å². The van der Waals surface area contributed by atoms with Crippen LogP contribution in [0.1, 0.15) is 24.8 Å². The first-order valence-corrected chi connectivity index (χ1v) is 5.29. The molecule has 0 bridgehead atoms. The second-order valence-electron chi connectivity index (χ2n) is 3.93. The number of anilines is 1. The van der Waals surface area contributed by atoms with E-state index in [1.807, 2.05) is 13.0 Å². The molecule has 2 heteroatoms. The lowest BCUT2D eigenvalue weighted by Gasteiger charge is -2.30. The summed E-state index contributed by atoms with van der Waals surface area (Å²) < 4.78 is 13.3. The lowest BCUT2D eigenvalue weighted by molar-refractivity contribution is 0.571. The van der Waals surface area contributed by atoms with Gasteiger partial charge in [-0.25, -0.2) is 4.39 Å². The van der Waals surface area contributed by atoms with Crippen LogP contribution in [-0.4, -0.2) is 13.1 Å². The number of rotatable bonds is 1. The average Bonchev–Trinajstić information content (AvgIpc) is 2.23. The molecular weight excluding hydrogens is 177 g/mol. The van der Waals surface area contributed by atoms with Gasteiger partial charge in [0, 0.05) is 24.3 Å². The highest BCUT2D eigenvalue weighted by Crippen LogP contribution is 2.25. The van der Waals surface area contributed by atoms with Gasteiger partial charge in [-0.15, -0.1) is 0 Å². The molecule has 1 aliphatic rings. The van der Waals surface area contributed by atoms with Gasteiger partial charge in [0.2, 0.25) is 0 Å². The molecule has 1 aromatic carbocycles. The largest absolute Gasteiger partial charge is 0.371 e.